The number of benzene rings is 1. The Bertz CT molecular complexity index is 581. The third-order valence-corrected chi connectivity index (χ3v) is 4.62. The Kier molecular flexibility index (Phi) is 7.44. The van der Waals surface area contributed by atoms with Crippen LogP contribution in [0.2, 0.25) is 0 Å². The maximum absolute atomic E-state index is 9.51. The summed E-state index contributed by atoms with van der Waals surface area (Å²) in [6, 6.07) is 7.33. The van der Waals surface area contributed by atoms with E-state index in [0.29, 0.717) is 35.2 Å². The summed E-state index contributed by atoms with van der Waals surface area (Å²) >= 11 is 7.94. The monoisotopic (exact) mass is 451 g/mol. The van der Waals surface area contributed by atoms with Crippen LogP contribution in [-0.2, 0) is 0 Å². The molecule has 1 heterocycles. The molecule has 1 atom stereocenters. The van der Waals surface area contributed by atoms with E-state index in [1.807, 2.05) is 18.2 Å². The molecule has 120 valence electrons. The maximum atomic E-state index is 9.51. The molecule has 0 amide bonds. The Morgan fingerprint density at radius 2 is 1.82 bits per heavy atom. The normalized spacial score (nSPS) is 12.0. The predicted molar refractivity (Wildman–Crippen MR) is 92.5 cm³/mol. The van der Waals surface area contributed by atoms with E-state index in [1.165, 1.54) is 11.3 Å². The lowest BCUT2D eigenvalue weighted by atomic mass is 10.3. The second-order valence-electron chi connectivity index (χ2n) is 4.19. The molecule has 1 aromatic heterocycles. The predicted octanol–water partition coefficient (Wildman–Crippen LogP) is 3.50. The van der Waals surface area contributed by atoms with Crippen LogP contribution in [0.3, 0.4) is 0 Å². The summed E-state index contributed by atoms with van der Waals surface area (Å²) in [6.07, 6.45) is 1.14. The minimum absolute atomic E-state index is 0.204. The zero-order valence-corrected chi connectivity index (χ0v) is 15.6. The number of hydrogen-bond acceptors (Lipinski definition) is 6. The van der Waals surface area contributed by atoms with E-state index in [0.717, 1.165) is 3.79 Å². The fourth-order valence-corrected chi connectivity index (χ4v) is 2.73. The lowest BCUT2D eigenvalue weighted by molar-refractivity contribution is 0.123. The van der Waals surface area contributed by atoms with Crippen LogP contribution in [0.5, 0.6) is 16.7 Å². The van der Waals surface area contributed by atoms with Gasteiger partial charge in [-0.25, -0.2) is 4.98 Å². The fraction of sp³-hybridized carbons (Fsp3) is 0.357. The molecule has 1 N–H and O–H groups in total. The molecule has 0 aliphatic carbocycles. The zero-order chi connectivity index (χ0) is 15.8. The minimum Gasteiger partial charge on any atom is -0.487 e. The lowest BCUT2D eigenvalue weighted by Gasteiger charge is -2.14. The number of para-hydroxylation sites is 2. The number of ether oxygens (including phenoxy) is 3. The standard InChI is InChI=1S/C14H15Br2NO4S/c15-7-10(18)9-21-12-4-2-1-3-11(12)19-5-6-20-14-17-8-13(16)22-14/h1-4,8,10,18H,5-7,9H2. The van der Waals surface area contributed by atoms with E-state index in [-0.39, 0.29) is 6.61 Å². The minimum atomic E-state index is -0.556. The van der Waals surface area contributed by atoms with Crippen molar-refractivity contribution in [1.82, 2.24) is 4.98 Å². The van der Waals surface area contributed by atoms with Crippen LogP contribution in [0, 0.1) is 0 Å². The smallest absolute Gasteiger partial charge is 0.274 e. The van der Waals surface area contributed by atoms with Gasteiger partial charge < -0.3 is 19.3 Å². The maximum Gasteiger partial charge on any atom is 0.274 e. The van der Waals surface area contributed by atoms with Gasteiger partial charge in [0.15, 0.2) is 11.5 Å². The van der Waals surface area contributed by atoms with Crippen molar-refractivity contribution in [3.63, 3.8) is 0 Å². The van der Waals surface area contributed by atoms with Gasteiger partial charge in [0, 0.05) is 5.33 Å². The number of aliphatic hydroxyl groups excluding tert-OH is 1. The Morgan fingerprint density at radius 1 is 1.14 bits per heavy atom. The molecular formula is C14H15Br2NO4S. The van der Waals surface area contributed by atoms with Crippen molar-refractivity contribution in [3.8, 4) is 16.7 Å². The molecular weight excluding hydrogens is 438 g/mol. The van der Waals surface area contributed by atoms with Crippen LogP contribution in [0.25, 0.3) is 0 Å². The summed E-state index contributed by atoms with van der Waals surface area (Å²) in [7, 11) is 0. The van der Waals surface area contributed by atoms with Crippen molar-refractivity contribution in [1.29, 1.82) is 0 Å². The van der Waals surface area contributed by atoms with Crippen molar-refractivity contribution >= 4 is 43.2 Å². The summed E-state index contributed by atoms with van der Waals surface area (Å²) < 4.78 is 17.6. The van der Waals surface area contributed by atoms with Gasteiger partial charge in [-0.1, -0.05) is 39.4 Å². The van der Waals surface area contributed by atoms with Crippen molar-refractivity contribution < 1.29 is 19.3 Å². The lowest BCUT2D eigenvalue weighted by Crippen LogP contribution is -2.19. The Morgan fingerprint density at radius 3 is 2.45 bits per heavy atom. The van der Waals surface area contributed by atoms with Gasteiger partial charge in [-0.05, 0) is 28.1 Å². The third-order valence-electron chi connectivity index (χ3n) is 2.48. The highest BCUT2D eigenvalue weighted by Crippen LogP contribution is 2.27. The van der Waals surface area contributed by atoms with E-state index >= 15 is 0 Å². The van der Waals surface area contributed by atoms with E-state index in [9.17, 15) is 5.11 Å². The number of nitrogens with zero attached hydrogens (tertiary/aromatic N) is 1. The molecule has 0 fully saturated rings. The van der Waals surface area contributed by atoms with Crippen molar-refractivity contribution in [2.24, 2.45) is 0 Å². The highest BCUT2D eigenvalue weighted by Gasteiger charge is 2.08. The molecule has 1 aromatic carbocycles. The summed E-state index contributed by atoms with van der Waals surface area (Å²) in [6.45, 7) is 0.964. The Labute approximate surface area is 149 Å². The molecule has 0 saturated carbocycles. The molecule has 8 heteroatoms. The second-order valence-corrected chi connectivity index (χ2v) is 7.21. The topological polar surface area (TPSA) is 60.8 Å². The highest BCUT2D eigenvalue weighted by molar-refractivity contribution is 9.11. The number of hydrogen-bond donors (Lipinski definition) is 1. The summed E-state index contributed by atoms with van der Waals surface area (Å²) in [5.41, 5.74) is 0. The van der Waals surface area contributed by atoms with Gasteiger partial charge in [0.1, 0.15) is 19.8 Å². The number of thiazole rings is 1. The van der Waals surface area contributed by atoms with Crippen LogP contribution >= 0.6 is 43.2 Å². The molecule has 0 spiro atoms. The van der Waals surface area contributed by atoms with Gasteiger partial charge in [0.2, 0.25) is 0 Å². The Balaban J connectivity index is 1.79. The quantitative estimate of drug-likeness (QED) is 0.466. The van der Waals surface area contributed by atoms with Crippen LogP contribution in [0.4, 0.5) is 0 Å². The highest BCUT2D eigenvalue weighted by atomic mass is 79.9. The molecule has 22 heavy (non-hydrogen) atoms. The van der Waals surface area contributed by atoms with Crippen molar-refractivity contribution in [2.45, 2.75) is 6.10 Å². The van der Waals surface area contributed by atoms with Crippen LogP contribution in [-0.4, -0.2) is 41.3 Å². The van der Waals surface area contributed by atoms with Crippen molar-refractivity contribution in [3.05, 3.63) is 34.2 Å². The van der Waals surface area contributed by atoms with E-state index in [1.54, 1.807) is 12.3 Å². The Hall–Kier alpha value is -0.830. The number of halogens is 2. The van der Waals surface area contributed by atoms with Crippen LogP contribution in [0.15, 0.2) is 34.2 Å². The fourth-order valence-electron chi connectivity index (χ4n) is 1.51. The molecule has 2 rings (SSSR count). The van der Waals surface area contributed by atoms with Gasteiger partial charge in [0.05, 0.1) is 16.1 Å². The second kappa shape index (κ2) is 9.34. The van der Waals surface area contributed by atoms with Crippen LogP contribution < -0.4 is 14.2 Å². The zero-order valence-electron chi connectivity index (χ0n) is 11.6. The first-order valence-corrected chi connectivity index (χ1v) is 9.25. The molecule has 0 bridgehead atoms. The number of alkyl halides is 1. The van der Waals surface area contributed by atoms with Gasteiger partial charge >= 0.3 is 0 Å². The van der Waals surface area contributed by atoms with E-state index in [2.05, 4.69) is 36.8 Å². The van der Waals surface area contributed by atoms with Gasteiger partial charge in [-0.3, -0.25) is 0 Å². The van der Waals surface area contributed by atoms with E-state index in [4.69, 9.17) is 14.2 Å². The van der Waals surface area contributed by atoms with Crippen molar-refractivity contribution in [2.75, 3.05) is 25.2 Å². The molecule has 0 aliphatic heterocycles. The average Bonchev–Trinajstić information content (AvgIpc) is 2.95. The number of aromatic nitrogens is 1. The molecule has 2 aromatic rings. The van der Waals surface area contributed by atoms with Crippen LogP contribution in [0.1, 0.15) is 0 Å². The number of aliphatic hydroxyl groups is 1. The van der Waals surface area contributed by atoms with Gasteiger partial charge in [-0.2, -0.15) is 0 Å². The summed E-state index contributed by atoms with van der Waals surface area (Å²) in [5.74, 6) is 1.22. The third kappa shape index (κ3) is 5.75. The molecule has 0 aliphatic rings. The largest absolute Gasteiger partial charge is 0.487 e. The summed E-state index contributed by atoms with van der Waals surface area (Å²) in [4.78, 5) is 4.07. The average molecular weight is 453 g/mol. The molecule has 0 saturated heterocycles. The molecule has 1 unspecified atom stereocenters. The van der Waals surface area contributed by atoms with Gasteiger partial charge in [0.25, 0.3) is 5.19 Å². The van der Waals surface area contributed by atoms with E-state index < -0.39 is 6.10 Å². The summed E-state index contributed by atoms with van der Waals surface area (Å²) in [5, 5.41) is 10.6. The first-order valence-electron chi connectivity index (χ1n) is 6.52. The molecule has 0 radical (unpaired) electrons. The number of rotatable bonds is 9. The molecule has 5 nitrogen and oxygen atoms in total. The SMILES string of the molecule is OC(CBr)COc1ccccc1OCCOc1ncc(Br)s1. The first kappa shape index (κ1) is 17.5. The van der Waals surface area contributed by atoms with Gasteiger partial charge in [-0.15, -0.1) is 0 Å². The first-order chi connectivity index (χ1) is 10.7.